The Morgan fingerprint density at radius 2 is 1.73 bits per heavy atom. The van der Waals surface area contributed by atoms with Crippen molar-refractivity contribution < 1.29 is 19.1 Å². The van der Waals surface area contributed by atoms with Crippen LogP contribution >= 0.6 is 11.8 Å². The second kappa shape index (κ2) is 14.6. The lowest BCUT2D eigenvalue weighted by molar-refractivity contribution is -0.141. The highest BCUT2D eigenvalue weighted by Gasteiger charge is 2.06. The van der Waals surface area contributed by atoms with Crippen LogP contribution < -0.4 is 5.32 Å². The molecule has 0 unspecified atom stereocenters. The summed E-state index contributed by atoms with van der Waals surface area (Å²) in [7, 11) is 1.29. The standard InChI is InChI=1S/C16H27NO4S/c1-3-4-5-6-7-8-12-17-14(18)11-13-22-16(20)10-9-15(19)21-2/h11,13H,3-10,12H2,1-2H3,(H,17,18). The third-order valence-corrected chi connectivity index (χ3v) is 3.75. The van der Waals surface area contributed by atoms with Crippen molar-refractivity contribution in [1.82, 2.24) is 5.32 Å². The van der Waals surface area contributed by atoms with Crippen LogP contribution in [0.1, 0.15) is 58.3 Å². The molecule has 0 aromatic carbocycles. The number of methoxy groups -OCH3 is 1. The Morgan fingerprint density at radius 1 is 1.05 bits per heavy atom. The number of esters is 1. The predicted octanol–water partition coefficient (Wildman–Crippen LogP) is 3.19. The smallest absolute Gasteiger partial charge is 0.305 e. The molecule has 0 atom stereocenters. The molecule has 0 aromatic rings. The van der Waals surface area contributed by atoms with Crippen LogP contribution in [0.25, 0.3) is 0 Å². The van der Waals surface area contributed by atoms with Gasteiger partial charge in [0.05, 0.1) is 13.5 Å². The van der Waals surface area contributed by atoms with Gasteiger partial charge in [0.15, 0.2) is 5.12 Å². The maximum Gasteiger partial charge on any atom is 0.305 e. The van der Waals surface area contributed by atoms with Crippen molar-refractivity contribution in [3.05, 3.63) is 11.5 Å². The summed E-state index contributed by atoms with van der Waals surface area (Å²) in [5, 5.41) is 4.08. The minimum absolute atomic E-state index is 0.0698. The van der Waals surface area contributed by atoms with Crippen molar-refractivity contribution in [2.24, 2.45) is 0 Å². The predicted molar refractivity (Wildman–Crippen MR) is 89.4 cm³/mol. The summed E-state index contributed by atoms with van der Waals surface area (Å²) in [6.45, 7) is 2.85. The van der Waals surface area contributed by atoms with Crippen LogP contribution in [0.3, 0.4) is 0 Å². The van der Waals surface area contributed by atoms with E-state index in [4.69, 9.17) is 0 Å². The van der Waals surface area contributed by atoms with Gasteiger partial charge in [0, 0.05) is 19.0 Å². The van der Waals surface area contributed by atoms with Gasteiger partial charge in [-0.25, -0.2) is 0 Å². The molecular formula is C16H27NO4S. The number of carbonyl (C=O) groups is 3. The Labute approximate surface area is 137 Å². The fourth-order valence-corrected chi connectivity index (χ4v) is 2.28. The van der Waals surface area contributed by atoms with Gasteiger partial charge in [-0.05, 0) is 11.8 Å². The molecule has 0 bridgehead atoms. The highest BCUT2D eigenvalue weighted by molar-refractivity contribution is 8.16. The van der Waals surface area contributed by atoms with Crippen LogP contribution in [-0.4, -0.2) is 30.6 Å². The zero-order chi connectivity index (χ0) is 16.6. The number of hydrogen-bond acceptors (Lipinski definition) is 5. The highest BCUT2D eigenvalue weighted by atomic mass is 32.2. The van der Waals surface area contributed by atoms with Crippen molar-refractivity contribution in [1.29, 1.82) is 0 Å². The van der Waals surface area contributed by atoms with Crippen LogP contribution in [0.4, 0.5) is 0 Å². The summed E-state index contributed by atoms with van der Waals surface area (Å²) in [5.74, 6) is -0.601. The first kappa shape index (κ1) is 20.7. The van der Waals surface area contributed by atoms with E-state index in [1.807, 2.05) is 0 Å². The average molecular weight is 329 g/mol. The normalized spacial score (nSPS) is 10.6. The molecule has 0 aliphatic rings. The third kappa shape index (κ3) is 13.7. The highest BCUT2D eigenvalue weighted by Crippen LogP contribution is 2.09. The molecule has 0 heterocycles. The maximum absolute atomic E-state index is 11.5. The molecule has 22 heavy (non-hydrogen) atoms. The van der Waals surface area contributed by atoms with E-state index in [1.54, 1.807) is 0 Å². The summed E-state index contributed by atoms with van der Waals surface area (Å²) in [6.07, 6.45) is 8.62. The second-order valence-electron chi connectivity index (χ2n) is 4.93. The van der Waals surface area contributed by atoms with Crippen molar-refractivity contribution in [2.75, 3.05) is 13.7 Å². The van der Waals surface area contributed by atoms with Crippen molar-refractivity contribution in [2.45, 2.75) is 58.3 Å². The zero-order valence-electron chi connectivity index (χ0n) is 13.6. The van der Waals surface area contributed by atoms with E-state index in [2.05, 4.69) is 17.0 Å². The van der Waals surface area contributed by atoms with Gasteiger partial charge in [-0.15, -0.1) is 0 Å². The molecular weight excluding hydrogens is 302 g/mol. The fourth-order valence-electron chi connectivity index (χ4n) is 1.71. The van der Waals surface area contributed by atoms with Gasteiger partial charge in [-0.2, -0.15) is 0 Å². The summed E-state index contributed by atoms with van der Waals surface area (Å²) >= 11 is 0.922. The minimum atomic E-state index is -0.408. The number of thioether (sulfide) groups is 1. The van der Waals surface area contributed by atoms with Crippen LogP contribution in [0.15, 0.2) is 11.5 Å². The van der Waals surface area contributed by atoms with Gasteiger partial charge in [-0.1, -0.05) is 50.8 Å². The lowest BCUT2D eigenvalue weighted by Crippen LogP contribution is -2.21. The molecule has 0 spiro atoms. The van der Waals surface area contributed by atoms with E-state index >= 15 is 0 Å². The number of carbonyl (C=O) groups excluding carboxylic acids is 3. The molecule has 1 amide bonds. The van der Waals surface area contributed by atoms with Gasteiger partial charge in [-0.3, -0.25) is 14.4 Å². The summed E-state index contributed by atoms with van der Waals surface area (Å²) < 4.78 is 4.45. The molecule has 0 aliphatic heterocycles. The topological polar surface area (TPSA) is 72.5 Å². The Morgan fingerprint density at radius 3 is 2.41 bits per heavy atom. The van der Waals surface area contributed by atoms with Crippen LogP contribution in [0.2, 0.25) is 0 Å². The van der Waals surface area contributed by atoms with Crippen molar-refractivity contribution >= 4 is 28.8 Å². The van der Waals surface area contributed by atoms with Crippen molar-refractivity contribution in [3.8, 4) is 0 Å². The Balaban J connectivity index is 3.57. The van der Waals surface area contributed by atoms with E-state index in [9.17, 15) is 14.4 Å². The Bertz CT molecular complexity index is 369. The van der Waals surface area contributed by atoms with Crippen molar-refractivity contribution in [3.63, 3.8) is 0 Å². The van der Waals surface area contributed by atoms with Crippen LogP contribution in [0, 0.1) is 0 Å². The van der Waals surface area contributed by atoms with Gasteiger partial charge in [0.1, 0.15) is 0 Å². The molecule has 0 saturated heterocycles. The number of hydrogen-bond donors (Lipinski definition) is 1. The largest absolute Gasteiger partial charge is 0.469 e. The molecule has 0 radical (unpaired) electrons. The van der Waals surface area contributed by atoms with Crippen LogP contribution in [-0.2, 0) is 19.1 Å². The summed E-state index contributed by atoms with van der Waals surface area (Å²) in [4.78, 5) is 33.7. The molecule has 0 saturated carbocycles. The molecule has 1 N–H and O–H groups in total. The van der Waals surface area contributed by atoms with Gasteiger partial charge >= 0.3 is 5.97 Å². The molecule has 5 nitrogen and oxygen atoms in total. The number of unbranched alkanes of at least 4 members (excludes halogenated alkanes) is 5. The Hall–Kier alpha value is -1.30. The first-order chi connectivity index (χ1) is 10.6. The quantitative estimate of drug-likeness (QED) is 0.338. The van der Waals surface area contributed by atoms with E-state index < -0.39 is 5.97 Å². The summed E-state index contributed by atoms with van der Waals surface area (Å²) in [6, 6.07) is 0. The molecule has 0 aliphatic carbocycles. The molecule has 6 heteroatoms. The first-order valence-electron chi connectivity index (χ1n) is 7.80. The fraction of sp³-hybridized carbons (Fsp3) is 0.688. The number of ether oxygens (including phenoxy) is 1. The number of nitrogens with one attached hydrogen (secondary N) is 1. The third-order valence-electron chi connectivity index (χ3n) is 3.01. The SMILES string of the molecule is CCCCCCCCNC(=O)C=CSC(=O)CCC(=O)OC. The maximum atomic E-state index is 11.5. The van der Waals surface area contributed by atoms with Gasteiger partial charge in [0.2, 0.25) is 5.91 Å². The van der Waals surface area contributed by atoms with Gasteiger partial charge in [0.25, 0.3) is 0 Å². The van der Waals surface area contributed by atoms with E-state index in [1.165, 1.54) is 44.3 Å². The molecule has 0 fully saturated rings. The first-order valence-corrected chi connectivity index (χ1v) is 8.68. The second-order valence-corrected chi connectivity index (χ2v) is 5.89. The molecule has 126 valence electrons. The van der Waals surface area contributed by atoms with Gasteiger partial charge < -0.3 is 10.1 Å². The molecule has 0 rings (SSSR count). The number of amides is 1. The van der Waals surface area contributed by atoms with E-state index in [0.717, 1.165) is 24.6 Å². The van der Waals surface area contributed by atoms with Crippen LogP contribution in [0.5, 0.6) is 0 Å². The van der Waals surface area contributed by atoms with E-state index in [-0.39, 0.29) is 23.9 Å². The molecule has 0 aromatic heterocycles. The lowest BCUT2D eigenvalue weighted by atomic mass is 10.1. The zero-order valence-corrected chi connectivity index (χ0v) is 14.4. The minimum Gasteiger partial charge on any atom is -0.469 e. The average Bonchev–Trinajstić information content (AvgIpc) is 2.51. The lowest BCUT2D eigenvalue weighted by Gasteiger charge is -2.02. The monoisotopic (exact) mass is 329 g/mol. The van der Waals surface area contributed by atoms with E-state index in [0.29, 0.717) is 6.54 Å². The number of rotatable bonds is 12. The Kier molecular flexibility index (Phi) is 13.8. The summed E-state index contributed by atoms with van der Waals surface area (Å²) in [5.41, 5.74) is 0.